The van der Waals surface area contributed by atoms with E-state index in [2.05, 4.69) is 0 Å². The number of rotatable bonds is 2. The molecule has 0 aromatic rings. The zero-order chi connectivity index (χ0) is 12.4. The van der Waals surface area contributed by atoms with Gasteiger partial charge in [0.15, 0.2) is 19.7 Å². The third kappa shape index (κ3) is 1.89. The van der Waals surface area contributed by atoms with Gasteiger partial charge < -0.3 is 4.48 Å². The van der Waals surface area contributed by atoms with Gasteiger partial charge in [0.05, 0.1) is 32.6 Å². The smallest absolute Gasteiger partial charge is 0.165 e. The SMILES string of the molecule is C[N+](C)(C)[C@H]1CS(=O)(=O)[C@H]1C1CS(=O)(=O)C1. The fourth-order valence-corrected chi connectivity index (χ4v) is 7.20. The zero-order valence-corrected chi connectivity index (χ0v) is 11.4. The predicted octanol–water partition coefficient (Wildman–Crippen LogP) is -1.10. The van der Waals surface area contributed by atoms with Crippen molar-refractivity contribution in [3.63, 3.8) is 0 Å². The van der Waals surface area contributed by atoms with E-state index in [1.165, 1.54) is 0 Å². The molecular weight excluding hydrogens is 250 g/mol. The van der Waals surface area contributed by atoms with Crippen LogP contribution in [0.2, 0.25) is 0 Å². The van der Waals surface area contributed by atoms with Crippen LogP contribution in [0, 0.1) is 5.92 Å². The summed E-state index contributed by atoms with van der Waals surface area (Å²) in [6.07, 6.45) is 0. The standard InChI is InChI=1S/C9H18NO4S2/c1-10(2,3)8-6-16(13,14)9(8)7-4-15(11,12)5-7/h7-9H,4-6H2,1-3H3/q+1/t8-,9-/m0/s1. The van der Waals surface area contributed by atoms with Gasteiger partial charge in [-0.25, -0.2) is 16.8 Å². The van der Waals surface area contributed by atoms with E-state index in [1.807, 2.05) is 21.1 Å². The Morgan fingerprint density at radius 3 is 1.75 bits per heavy atom. The molecular formula is C9H18NO4S2+. The molecule has 0 radical (unpaired) electrons. The van der Waals surface area contributed by atoms with Crippen LogP contribution in [0.15, 0.2) is 0 Å². The maximum Gasteiger partial charge on any atom is 0.165 e. The average molecular weight is 268 g/mol. The summed E-state index contributed by atoms with van der Waals surface area (Å²) in [5, 5.41) is -0.448. The summed E-state index contributed by atoms with van der Waals surface area (Å²) in [6, 6.07) is 0.0468. The molecule has 94 valence electrons. The Labute approximate surface area is 96.9 Å². The number of hydrogen-bond donors (Lipinski definition) is 0. The first-order chi connectivity index (χ1) is 7.03. The lowest BCUT2D eigenvalue weighted by atomic mass is 10.00. The Balaban J connectivity index is 2.18. The van der Waals surface area contributed by atoms with Gasteiger partial charge in [0.2, 0.25) is 0 Å². The van der Waals surface area contributed by atoms with E-state index >= 15 is 0 Å². The largest absolute Gasteiger partial charge is 0.327 e. The van der Waals surface area contributed by atoms with Crippen LogP contribution in [-0.4, -0.2) is 71.0 Å². The van der Waals surface area contributed by atoms with Gasteiger partial charge >= 0.3 is 0 Å². The molecule has 0 N–H and O–H groups in total. The second kappa shape index (κ2) is 3.20. The summed E-state index contributed by atoms with van der Waals surface area (Å²) in [7, 11) is -0.114. The van der Waals surface area contributed by atoms with E-state index in [9.17, 15) is 16.8 Å². The molecule has 2 saturated heterocycles. The van der Waals surface area contributed by atoms with E-state index in [0.717, 1.165) is 0 Å². The number of sulfone groups is 2. The van der Waals surface area contributed by atoms with Crippen molar-refractivity contribution in [3.05, 3.63) is 0 Å². The van der Waals surface area contributed by atoms with Gasteiger partial charge in [0.25, 0.3) is 0 Å². The summed E-state index contributed by atoms with van der Waals surface area (Å²) in [5.41, 5.74) is 0. The minimum atomic E-state index is -3.04. The Kier molecular flexibility index (Phi) is 2.47. The molecule has 2 atom stereocenters. The first-order valence-electron chi connectivity index (χ1n) is 5.26. The highest BCUT2D eigenvalue weighted by Gasteiger charge is 2.60. The van der Waals surface area contributed by atoms with Crippen LogP contribution in [0.25, 0.3) is 0 Å². The maximum absolute atomic E-state index is 11.7. The van der Waals surface area contributed by atoms with E-state index in [0.29, 0.717) is 4.48 Å². The molecule has 0 aliphatic carbocycles. The van der Waals surface area contributed by atoms with Crippen molar-refractivity contribution in [3.8, 4) is 0 Å². The third-order valence-corrected chi connectivity index (χ3v) is 7.80. The third-order valence-electron chi connectivity index (χ3n) is 3.59. The van der Waals surface area contributed by atoms with E-state index in [4.69, 9.17) is 0 Å². The second-order valence-corrected chi connectivity index (χ2v) is 10.2. The van der Waals surface area contributed by atoms with Gasteiger partial charge in [-0.15, -0.1) is 0 Å². The van der Waals surface area contributed by atoms with Crippen molar-refractivity contribution in [2.75, 3.05) is 38.4 Å². The molecule has 0 unspecified atom stereocenters. The van der Waals surface area contributed by atoms with Gasteiger partial charge in [-0.3, -0.25) is 0 Å². The molecule has 2 fully saturated rings. The highest BCUT2D eigenvalue weighted by atomic mass is 32.2. The molecule has 0 spiro atoms. The van der Waals surface area contributed by atoms with Gasteiger partial charge in [0, 0.05) is 5.92 Å². The van der Waals surface area contributed by atoms with E-state index in [1.54, 1.807) is 0 Å². The average Bonchev–Trinajstić information content (AvgIpc) is 1.95. The Morgan fingerprint density at radius 1 is 0.938 bits per heavy atom. The van der Waals surface area contributed by atoms with Crippen LogP contribution >= 0.6 is 0 Å². The van der Waals surface area contributed by atoms with Crippen LogP contribution in [0.5, 0.6) is 0 Å². The number of hydrogen-bond acceptors (Lipinski definition) is 4. The molecule has 0 aromatic heterocycles. The first kappa shape index (κ1) is 12.3. The lowest BCUT2D eigenvalue weighted by molar-refractivity contribution is -0.895. The Hall–Kier alpha value is -0.140. The first-order valence-corrected chi connectivity index (χ1v) is 8.80. The maximum atomic E-state index is 11.7. The van der Waals surface area contributed by atoms with Crippen LogP contribution < -0.4 is 0 Å². The van der Waals surface area contributed by atoms with E-state index < -0.39 is 24.9 Å². The quantitative estimate of drug-likeness (QED) is 0.596. The summed E-state index contributed by atoms with van der Waals surface area (Å²) >= 11 is 0. The highest BCUT2D eigenvalue weighted by molar-refractivity contribution is 7.94. The lowest BCUT2D eigenvalue weighted by Gasteiger charge is -2.49. The minimum absolute atomic E-state index is 0.0468. The predicted molar refractivity (Wildman–Crippen MR) is 61.5 cm³/mol. The molecule has 0 bridgehead atoms. The van der Waals surface area contributed by atoms with Crippen molar-refractivity contribution in [2.24, 2.45) is 5.92 Å². The van der Waals surface area contributed by atoms with Crippen LogP contribution in [0.4, 0.5) is 0 Å². The molecule has 2 rings (SSSR count). The summed E-state index contributed by atoms with van der Waals surface area (Å²) < 4.78 is 46.2. The van der Waals surface area contributed by atoms with Crippen LogP contribution in [0.3, 0.4) is 0 Å². The molecule has 7 heteroatoms. The number of nitrogens with zero attached hydrogens (tertiary/aromatic N) is 1. The second-order valence-electron chi connectivity index (χ2n) is 5.81. The minimum Gasteiger partial charge on any atom is -0.327 e. The lowest BCUT2D eigenvalue weighted by Crippen LogP contribution is -2.70. The van der Waals surface area contributed by atoms with Gasteiger partial charge in [-0.05, 0) is 0 Å². The molecule has 0 aromatic carbocycles. The van der Waals surface area contributed by atoms with Gasteiger partial charge in [0.1, 0.15) is 17.0 Å². The molecule has 2 heterocycles. The van der Waals surface area contributed by atoms with Gasteiger partial charge in [-0.2, -0.15) is 0 Å². The summed E-state index contributed by atoms with van der Waals surface area (Å²) in [5.74, 6) is 0.115. The Bertz CT molecular complexity index is 488. The highest BCUT2D eigenvalue weighted by Crippen LogP contribution is 2.38. The van der Waals surface area contributed by atoms with Crippen molar-refractivity contribution < 1.29 is 21.3 Å². The molecule has 0 amide bonds. The monoisotopic (exact) mass is 268 g/mol. The molecule has 0 saturated carbocycles. The molecule has 2 aliphatic rings. The number of quaternary nitrogens is 1. The summed E-state index contributed by atoms with van der Waals surface area (Å²) in [6.45, 7) is 0. The topological polar surface area (TPSA) is 68.3 Å². The summed E-state index contributed by atoms with van der Waals surface area (Å²) in [4.78, 5) is 0. The van der Waals surface area contributed by atoms with Gasteiger partial charge in [-0.1, -0.05) is 0 Å². The van der Waals surface area contributed by atoms with Crippen LogP contribution in [-0.2, 0) is 19.7 Å². The van der Waals surface area contributed by atoms with Crippen molar-refractivity contribution in [2.45, 2.75) is 11.3 Å². The Morgan fingerprint density at radius 2 is 1.44 bits per heavy atom. The van der Waals surface area contributed by atoms with Crippen molar-refractivity contribution in [1.29, 1.82) is 0 Å². The fourth-order valence-electron chi connectivity index (χ4n) is 2.63. The van der Waals surface area contributed by atoms with Crippen LogP contribution in [0.1, 0.15) is 0 Å². The normalized spacial score (nSPS) is 37.4. The molecule has 2 aliphatic heterocycles. The fraction of sp³-hybridized carbons (Fsp3) is 1.00. The molecule has 5 nitrogen and oxygen atoms in total. The zero-order valence-electron chi connectivity index (χ0n) is 9.75. The van der Waals surface area contributed by atoms with E-state index in [-0.39, 0.29) is 29.2 Å². The molecule has 16 heavy (non-hydrogen) atoms. The van der Waals surface area contributed by atoms with Crippen molar-refractivity contribution in [1.82, 2.24) is 0 Å². The van der Waals surface area contributed by atoms with Crippen molar-refractivity contribution >= 4 is 19.7 Å².